The maximum absolute atomic E-state index is 12.6. The molecule has 0 saturated carbocycles. The zero-order valence-corrected chi connectivity index (χ0v) is 14.3. The molecule has 0 atom stereocenters. The van der Waals surface area contributed by atoms with Gasteiger partial charge in [-0.1, -0.05) is 12.1 Å². The van der Waals surface area contributed by atoms with E-state index in [1.54, 1.807) is 36.4 Å². The summed E-state index contributed by atoms with van der Waals surface area (Å²) in [5.74, 6) is 5.64. The van der Waals surface area contributed by atoms with Crippen molar-refractivity contribution in [3.8, 4) is 5.75 Å². The molecule has 2 N–H and O–H groups in total. The van der Waals surface area contributed by atoms with Crippen molar-refractivity contribution < 1.29 is 19.1 Å². The number of hydrogen-bond acceptors (Lipinski definition) is 5. The summed E-state index contributed by atoms with van der Waals surface area (Å²) in [7, 11) is 0. The Morgan fingerprint density at radius 1 is 1.08 bits per heavy atom. The molecule has 0 radical (unpaired) electrons. The summed E-state index contributed by atoms with van der Waals surface area (Å²) in [5, 5.41) is 1.06. The molecule has 132 valence electrons. The molecule has 0 heterocycles. The molecule has 0 bridgehead atoms. The fourth-order valence-corrected chi connectivity index (χ4v) is 2.77. The van der Waals surface area contributed by atoms with Crippen molar-refractivity contribution in [1.29, 1.82) is 0 Å². The molecule has 6 nitrogen and oxygen atoms in total. The number of hydrazine groups is 1. The van der Waals surface area contributed by atoms with Crippen LogP contribution in [0.4, 0.5) is 5.69 Å². The van der Waals surface area contributed by atoms with Gasteiger partial charge in [-0.2, -0.15) is 0 Å². The summed E-state index contributed by atoms with van der Waals surface area (Å²) in [4.78, 5) is 35.0. The van der Waals surface area contributed by atoms with Gasteiger partial charge in [-0.15, -0.1) is 0 Å². The van der Waals surface area contributed by atoms with Crippen LogP contribution < -0.4 is 15.6 Å². The highest BCUT2D eigenvalue weighted by atomic mass is 16.5. The average molecular weight is 350 g/mol. The number of benzene rings is 2. The molecule has 1 aliphatic rings. The van der Waals surface area contributed by atoms with Gasteiger partial charge in [-0.25, -0.2) is 10.9 Å². The van der Waals surface area contributed by atoms with Crippen LogP contribution in [0.15, 0.2) is 54.6 Å². The fraction of sp³-hybridized carbons (Fsp3) is 0.150. The number of ether oxygens (including phenoxy) is 1. The summed E-state index contributed by atoms with van der Waals surface area (Å²) in [6.07, 6.45) is 2.84. The summed E-state index contributed by atoms with van der Waals surface area (Å²) in [6.45, 7) is 1.31. The Hall–Kier alpha value is -3.25. The van der Waals surface area contributed by atoms with Gasteiger partial charge in [0.05, 0.1) is 5.69 Å². The van der Waals surface area contributed by atoms with Crippen molar-refractivity contribution in [2.24, 2.45) is 5.84 Å². The number of esters is 1. The van der Waals surface area contributed by atoms with Crippen molar-refractivity contribution in [3.63, 3.8) is 0 Å². The van der Waals surface area contributed by atoms with E-state index in [1.165, 1.54) is 19.1 Å². The zero-order valence-electron chi connectivity index (χ0n) is 14.3. The molecule has 2 aromatic carbocycles. The third kappa shape index (κ3) is 3.87. The molecular formula is C20H18N2O4. The molecule has 1 aliphatic carbocycles. The van der Waals surface area contributed by atoms with Crippen LogP contribution in [0.2, 0.25) is 0 Å². The highest BCUT2D eigenvalue weighted by Gasteiger charge is 2.17. The SMILES string of the molecule is CC(=O)Oc1ccc(C(=O)N(N)c2cccc(C3=CC(=O)CC3)c2)cc1. The highest BCUT2D eigenvalue weighted by molar-refractivity contribution is 6.06. The first kappa shape index (κ1) is 17.6. The van der Waals surface area contributed by atoms with E-state index >= 15 is 0 Å². The number of nitrogens with zero attached hydrogens (tertiary/aromatic N) is 1. The summed E-state index contributed by atoms with van der Waals surface area (Å²) in [6, 6.07) is 13.4. The topological polar surface area (TPSA) is 89.7 Å². The molecule has 0 saturated heterocycles. The Labute approximate surface area is 150 Å². The Kier molecular flexibility index (Phi) is 4.95. The van der Waals surface area contributed by atoms with Crippen LogP contribution in [0.1, 0.15) is 35.7 Å². The van der Waals surface area contributed by atoms with Crippen molar-refractivity contribution in [1.82, 2.24) is 0 Å². The molecule has 0 aromatic heterocycles. The first-order valence-electron chi connectivity index (χ1n) is 8.15. The van der Waals surface area contributed by atoms with Gasteiger partial charge >= 0.3 is 5.97 Å². The highest BCUT2D eigenvalue weighted by Crippen LogP contribution is 2.28. The zero-order chi connectivity index (χ0) is 18.7. The molecule has 0 unspecified atom stereocenters. The molecule has 0 fully saturated rings. The fourth-order valence-electron chi connectivity index (χ4n) is 2.77. The molecule has 3 rings (SSSR count). The number of carbonyl (C=O) groups is 3. The lowest BCUT2D eigenvalue weighted by Gasteiger charge is -2.18. The second-order valence-corrected chi connectivity index (χ2v) is 5.98. The standard InChI is InChI=1S/C20H18N2O4/c1-13(23)26-19-9-6-14(7-10-19)20(25)22(21)17-4-2-3-15(11-17)16-5-8-18(24)12-16/h2-4,6-7,9-12H,5,8,21H2,1H3. The number of rotatable bonds is 4. The lowest BCUT2D eigenvalue weighted by molar-refractivity contribution is -0.131. The van der Waals surface area contributed by atoms with Crippen LogP contribution in [0.5, 0.6) is 5.75 Å². The van der Waals surface area contributed by atoms with Crippen LogP contribution in [0, 0.1) is 0 Å². The average Bonchev–Trinajstić information content (AvgIpc) is 3.07. The van der Waals surface area contributed by atoms with Gasteiger partial charge in [0, 0.05) is 18.9 Å². The molecule has 6 heteroatoms. The van der Waals surface area contributed by atoms with Crippen molar-refractivity contribution in [2.45, 2.75) is 19.8 Å². The third-order valence-corrected chi connectivity index (χ3v) is 4.05. The van der Waals surface area contributed by atoms with E-state index in [1.807, 2.05) is 6.07 Å². The van der Waals surface area contributed by atoms with Crippen LogP contribution in [-0.4, -0.2) is 17.7 Å². The number of allylic oxidation sites excluding steroid dienone is 2. The lowest BCUT2D eigenvalue weighted by Crippen LogP contribution is -2.37. The Balaban J connectivity index is 1.79. The van der Waals surface area contributed by atoms with Gasteiger partial charge in [0.15, 0.2) is 5.78 Å². The molecule has 26 heavy (non-hydrogen) atoms. The quantitative estimate of drug-likeness (QED) is 0.301. The van der Waals surface area contributed by atoms with Gasteiger partial charge in [0.1, 0.15) is 5.75 Å². The van der Waals surface area contributed by atoms with Crippen LogP contribution in [0.3, 0.4) is 0 Å². The normalized spacial score (nSPS) is 13.3. The van der Waals surface area contributed by atoms with Gasteiger partial charge in [-0.05, 0) is 60.0 Å². The summed E-state index contributed by atoms with van der Waals surface area (Å²) < 4.78 is 4.95. The monoisotopic (exact) mass is 350 g/mol. The third-order valence-electron chi connectivity index (χ3n) is 4.05. The van der Waals surface area contributed by atoms with Crippen molar-refractivity contribution in [2.75, 3.05) is 5.01 Å². The van der Waals surface area contributed by atoms with Gasteiger partial charge in [0.25, 0.3) is 5.91 Å². The number of hydrogen-bond donors (Lipinski definition) is 1. The number of anilines is 1. The predicted molar refractivity (Wildman–Crippen MR) is 97.4 cm³/mol. The van der Waals surface area contributed by atoms with E-state index in [-0.39, 0.29) is 5.78 Å². The molecule has 2 aromatic rings. The van der Waals surface area contributed by atoms with E-state index < -0.39 is 11.9 Å². The lowest BCUT2D eigenvalue weighted by atomic mass is 10.0. The van der Waals surface area contributed by atoms with E-state index in [0.717, 1.165) is 16.1 Å². The number of ketones is 1. The van der Waals surface area contributed by atoms with E-state index in [4.69, 9.17) is 10.6 Å². The maximum atomic E-state index is 12.6. The Bertz CT molecular complexity index is 900. The molecule has 0 spiro atoms. The minimum absolute atomic E-state index is 0.110. The Morgan fingerprint density at radius 3 is 2.42 bits per heavy atom. The Morgan fingerprint density at radius 2 is 1.81 bits per heavy atom. The maximum Gasteiger partial charge on any atom is 0.308 e. The molecule has 1 amide bonds. The van der Waals surface area contributed by atoms with E-state index in [0.29, 0.717) is 29.8 Å². The first-order valence-corrected chi connectivity index (χ1v) is 8.15. The smallest absolute Gasteiger partial charge is 0.308 e. The summed E-state index contributed by atoms with van der Waals surface area (Å²) >= 11 is 0. The molecular weight excluding hydrogens is 332 g/mol. The largest absolute Gasteiger partial charge is 0.427 e. The van der Waals surface area contributed by atoms with Crippen LogP contribution >= 0.6 is 0 Å². The second-order valence-electron chi connectivity index (χ2n) is 5.98. The number of amides is 1. The van der Waals surface area contributed by atoms with Crippen LogP contribution in [0.25, 0.3) is 5.57 Å². The van der Waals surface area contributed by atoms with Gasteiger partial charge in [0.2, 0.25) is 0 Å². The first-order chi connectivity index (χ1) is 12.4. The van der Waals surface area contributed by atoms with Crippen molar-refractivity contribution >= 4 is 28.9 Å². The van der Waals surface area contributed by atoms with Crippen LogP contribution in [-0.2, 0) is 9.59 Å². The van der Waals surface area contributed by atoms with Gasteiger partial charge in [-0.3, -0.25) is 14.4 Å². The van der Waals surface area contributed by atoms with E-state index in [2.05, 4.69) is 0 Å². The summed E-state index contributed by atoms with van der Waals surface area (Å²) in [5.41, 5.74) is 2.71. The predicted octanol–water partition coefficient (Wildman–Crippen LogP) is 2.88. The van der Waals surface area contributed by atoms with E-state index in [9.17, 15) is 14.4 Å². The van der Waals surface area contributed by atoms with Gasteiger partial charge < -0.3 is 4.74 Å². The second kappa shape index (κ2) is 7.33. The van der Waals surface area contributed by atoms with Crippen molar-refractivity contribution in [3.05, 3.63) is 65.7 Å². The minimum atomic E-state index is -0.430. The number of nitrogens with two attached hydrogens (primary N) is 1. The number of carbonyl (C=O) groups excluding carboxylic acids is 3. The minimum Gasteiger partial charge on any atom is -0.427 e. The molecule has 0 aliphatic heterocycles.